The molecule has 2 N–H and O–H groups in total. The Bertz CT molecular complexity index is 702. The summed E-state index contributed by atoms with van der Waals surface area (Å²) in [5.41, 5.74) is 1.23. The van der Waals surface area contributed by atoms with Crippen LogP contribution in [0.2, 0.25) is 0 Å². The third-order valence-electron chi connectivity index (χ3n) is 3.26. The summed E-state index contributed by atoms with van der Waals surface area (Å²) in [7, 11) is 0. The van der Waals surface area contributed by atoms with Gasteiger partial charge in [0.2, 0.25) is 5.91 Å². The van der Waals surface area contributed by atoms with Crippen LogP contribution in [-0.2, 0) is 22.7 Å². The van der Waals surface area contributed by atoms with Gasteiger partial charge in [0.25, 0.3) is 0 Å². The number of halogens is 1. The second-order valence-electron chi connectivity index (χ2n) is 5.24. The van der Waals surface area contributed by atoms with Crippen molar-refractivity contribution in [1.82, 2.24) is 20.3 Å². The molecule has 2 aromatic rings. The first-order valence-corrected chi connectivity index (χ1v) is 7.07. The van der Waals surface area contributed by atoms with Crippen molar-refractivity contribution in [2.45, 2.75) is 32.4 Å². The molecule has 0 spiro atoms. The summed E-state index contributed by atoms with van der Waals surface area (Å²) in [4.78, 5) is 22.5. The number of rotatable bonds is 7. The van der Waals surface area contributed by atoms with E-state index in [0.29, 0.717) is 5.69 Å². The van der Waals surface area contributed by atoms with E-state index in [1.165, 1.54) is 23.0 Å². The summed E-state index contributed by atoms with van der Waals surface area (Å²) in [6, 6.07) is 6.16. The highest BCUT2D eigenvalue weighted by molar-refractivity contribution is 5.76. The largest absolute Gasteiger partial charge is 0.480 e. The Morgan fingerprint density at radius 3 is 2.91 bits per heavy atom. The molecule has 0 saturated heterocycles. The number of amides is 1. The zero-order valence-corrected chi connectivity index (χ0v) is 12.6. The Morgan fingerprint density at radius 1 is 1.43 bits per heavy atom. The number of nitrogens with zero attached hydrogens (tertiary/aromatic N) is 3. The third-order valence-corrected chi connectivity index (χ3v) is 3.26. The lowest BCUT2D eigenvalue weighted by Gasteiger charge is -2.11. The first-order valence-electron chi connectivity index (χ1n) is 7.07. The fourth-order valence-electron chi connectivity index (χ4n) is 2.11. The lowest BCUT2D eigenvalue weighted by molar-refractivity contribution is -0.138. The second kappa shape index (κ2) is 7.48. The monoisotopic (exact) mass is 320 g/mol. The molecule has 1 heterocycles. The maximum absolute atomic E-state index is 13.2. The average molecular weight is 320 g/mol. The highest BCUT2D eigenvalue weighted by atomic mass is 19.1. The van der Waals surface area contributed by atoms with Crippen LogP contribution in [0, 0.1) is 5.82 Å². The van der Waals surface area contributed by atoms with Crippen molar-refractivity contribution in [2.75, 3.05) is 0 Å². The predicted octanol–water partition coefficient (Wildman–Crippen LogP) is 1.31. The van der Waals surface area contributed by atoms with Crippen molar-refractivity contribution in [3.05, 3.63) is 47.5 Å². The fourth-order valence-corrected chi connectivity index (χ4v) is 2.11. The molecule has 0 radical (unpaired) electrons. The first kappa shape index (κ1) is 16.6. The van der Waals surface area contributed by atoms with Gasteiger partial charge in [0, 0.05) is 6.42 Å². The van der Waals surface area contributed by atoms with Crippen LogP contribution in [0.25, 0.3) is 0 Å². The molecule has 0 aliphatic rings. The summed E-state index contributed by atoms with van der Waals surface area (Å²) in [5.74, 6) is -1.66. The molecule has 0 aliphatic carbocycles. The van der Waals surface area contributed by atoms with Gasteiger partial charge in [0.1, 0.15) is 18.1 Å². The number of hydrogen-bond donors (Lipinski definition) is 2. The molecular formula is C15H17FN4O3. The van der Waals surface area contributed by atoms with E-state index in [9.17, 15) is 14.0 Å². The van der Waals surface area contributed by atoms with Gasteiger partial charge in [-0.2, -0.15) is 0 Å². The van der Waals surface area contributed by atoms with E-state index < -0.39 is 5.97 Å². The lowest BCUT2D eigenvalue weighted by atomic mass is 9.97. The molecule has 0 fully saturated rings. The standard InChI is InChI=1S/C15H17FN4O3/c1-10(11-3-2-4-12(16)6-11)5-14(21)17-7-13-8-20(19-18-13)9-15(22)23/h2-4,6,8,10H,5,7,9H2,1H3,(H,17,21)(H,22,23). The van der Waals surface area contributed by atoms with Gasteiger partial charge < -0.3 is 10.4 Å². The topological polar surface area (TPSA) is 97.1 Å². The number of carbonyl (C=O) groups excluding carboxylic acids is 1. The van der Waals surface area contributed by atoms with E-state index in [2.05, 4.69) is 15.6 Å². The summed E-state index contributed by atoms with van der Waals surface area (Å²) in [5, 5.41) is 18.7. The van der Waals surface area contributed by atoms with E-state index in [4.69, 9.17) is 5.11 Å². The zero-order chi connectivity index (χ0) is 16.8. The first-order chi connectivity index (χ1) is 10.9. The minimum atomic E-state index is -1.02. The summed E-state index contributed by atoms with van der Waals surface area (Å²) in [6.45, 7) is 1.73. The van der Waals surface area contributed by atoms with Crippen LogP contribution in [0.15, 0.2) is 30.5 Å². The van der Waals surface area contributed by atoms with Crippen molar-refractivity contribution in [1.29, 1.82) is 0 Å². The van der Waals surface area contributed by atoms with Crippen LogP contribution in [0.5, 0.6) is 0 Å². The van der Waals surface area contributed by atoms with Gasteiger partial charge in [-0.1, -0.05) is 24.3 Å². The van der Waals surface area contributed by atoms with Crippen molar-refractivity contribution < 1.29 is 19.1 Å². The molecule has 1 amide bonds. The number of aliphatic carboxylic acids is 1. The van der Waals surface area contributed by atoms with E-state index >= 15 is 0 Å². The average Bonchev–Trinajstić information content (AvgIpc) is 2.92. The van der Waals surface area contributed by atoms with Crippen molar-refractivity contribution in [3.63, 3.8) is 0 Å². The minimum Gasteiger partial charge on any atom is -0.480 e. The summed E-state index contributed by atoms with van der Waals surface area (Å²) in [6.07, 6.45) is 1.68. The molecular weight excluding hydrogens is 303 g/mol. The van der Waals surface area contributed by atoms with E-state index in [1.54, 1.807) is 12.1 Å². The fraction of sp³-hybridized carbons (Fsp3) is 0.333. The van der Waals surface area contributed by atoms with Crippen LogP contribution < -0.4 is 5.32 Å². The quantitative estimate of drug-likeness (QED) is 0.802. The second-order valence-corrected chi connectivity index (χ2v) is 5.24. The van der Waals surface area contributed by atoms with Gasteiger partial charge in [0.15, 0.2) is 0 Å². The van der Waals surface area contributed by atoms with Crippen LogP contribution >= 0.6 is 0 Å². The van der Waals surface area contributed by atoms with Crippen LogP contribution in [0.1, 0.15) is 30.5 Å². The molecule has 7 nitrogen and oxygen atoms in total. The lowest BCUT2D eigenvalue weighted by Crippen LogP contribution is -2.24. The van der Waals surface area contributed by atoms with Gasteiger partial charge in [-0.05, 0) is 23.6 Å². The Kier molecular flexibility index (Phi) is 5.40. The smallest absolute Gasteiger partial charge is 0.325 e. The molecule has 0 saturated carbocycles. The van der Waals surface area contributed by atoms with Crippen molar-refractivity contribution >= 4 is 11.9 Å². The number of hydrogen-bond acceptors (Lipinski definition) is 4. The molecule has 1 aromatic heterocycles. The molecule has 122 valence electrons. The normalized spacial score (nSPS) is 11.9. The van der Waals surface area contributed by atoms with E-state index in [-0.39, 0.29) is 37.2 Å². The van der Waals surface area contributed by atoms with E-state index in [1.807, 2.05) is 6.92 Å². The Morgan fingerprint density at radius 2 is 2.22 bits per heavy atom. The van der Waals surface area contributed by atoms with Gasteiger partial charge in [-0.25, -0.2) is 9.07 Å². The molecule has 8 heteroatoms. The van der Waals surface area contributed by atoms with Gasteiger partial charge >= 0.3 is 5.97 Å². The van der Waals surface area contributed by atoms with E-state index in [0.717, 1.165) is 5.56 Å². The molecule has 0 aliphatic heterocycles. The molecule has 2 rings (SSSR count). The number of benzene rings is 1. The Hall–Kier alpha value is -2.77. The summed E-state index contributed by atoms with van der Waals surface area (Å²) >= 11 is 0. The maximum Gasteiger partial charge on any atom is 0.325 e. The zero-order valence-electron chi connectivity index (χ0n) is 12.6. The predicted molar refractivity (Wildman–Crippen MR) is 78.9 cm³/mol. The molecule has 1 aromatic carbocycles. The van der Waals surface area contributed by atoms with Crippen LogP contribution in [0.3, 0.4) is 0 Å². The molecule has 1 unspecified atom stereocenters. The Labute approximate surface area is 132 Å². The highest BCUT2D eigenvalue weighted by Gasteiger charge is 2.12. The summed E-state index contributed by atoms with van der Waals surface area (Å²) < 4.78 is 14.3. The number of carboxylic acids is 1. The van der Waals surface area contributed by atoms with Crippen molar-refractivity contribution in [3.8, 4) is 0 Å². The Balaban J connectivity index is 1.83. The number of carboxylic acid groups (broad SMARTS) is 1. The van der Waals surface area contributed by atoms with Crippen LogP contribution in [0.4, 0.5) is 4.39 Å². The van der Waals surface area contributed by atoms with Crippen molar-refractivity contribution in [2.24, 2.45) is 0 Å². The minimum absolute atomic E-state index is 0.117. The number of aromatic nitrogens is 3. The maximum atomic E-state index is 13.2. The number of nitrogens with one attached hydrogen (secondary N) is 1. The van der Waals surface area contributed by atoms with Crippen LogP contribution in [-0.4, -0.2) is 32.0 Å². The van der Waals surface area contributed by atoms with Gasteiger partial charge in [-0.3, -0.25) is 9.59 Å². The highest BCUT2D eigenvalue weighted by Crippen LogP contribution is 2.19. The molecule has 23 heavy (non-hydrogen) atoms. The SMILES string of the molecule is CC(CC(=O)NCc1cn(CC(=O)O)nn1)c1cccc(F)c1. The van der Waals surface area contributed by atoms with Gasteiger partial charge in [0.05, 0.1) is 12.7 Å². The van der Waals surface area contributed by atoms with Gasteiger partial charge in [-0.15, -0.1) is 5.10 Å². The molecule has 1 atom stereocenters. The number of carbonyl (C=O) groups is 2. The third kappa shape index (κ3) is 5.17. The molecule has 0 bridgehead atoms.